The van der Waals surface area contributed by atoms with Gasteiger partial charge in [-0.3, -0.25) is 0 Å². The molecule has 0 fully saturated rings. The standard InChI is InChI=1S/C4H10S2.2Na.2H/c5-3-1-2-4-6;;;;/h5-6H,1-4H2;;;;. The van der Waals surface area contributed by atoms with E-state index in [4.69, 9.17) is 0 Å². The molecule has 0 bridgehead atoms. The summed E-state index contributed by atoms with van der Waals surface area (Å²) < 4.78 is 0. The molecule has 0 atom stereocenters. The number of thiol groups is 2. The van der Waals surface area contributed by atoms with Crippen LogP contribution in [0.1, 0.15) is 12.8 Å². The molecule has 0 saturated heterocycles. The Bertz CT molecular complexity index is 24.0. The van der Waals surface area contributed by atoms with Gasteiger partial charge < -0.3 is 0 Å². The monoisotopic (exact) mass is 170 g/mol. The quantitative estimate of drug-likeness (QED) is 0.340. The summed E-state index contributed by atoms with van der Waals surface area (Å²) >= 11 is 8.04. The zero-order chi connectivity index (χ0) is 4.83. The predicted octanol–water partition coefficient (Wildman–Crippen LogP) is 0.329. The average molecular weight is 170 g/mol. The molecule has 0 unspecified atom stereocenters. The van der Waals surface area contributed by atoms with E-state index in [-0.39, 0.29) is 59.1 Å². The Balaban J connectivity index is -0.000000125. The fourth-order valence-electron chi connectivity index (χ4n) is 0.224. The third-order valence-electron chi connectivity index (χ3n) is 0.566. The van der Waals surface area contributed by atoms with Gasteiger partial charge in [0, 0.05) is 0 Å². The summed E-state index contributed by atoms with van der Waals surface area (Å²) in [6, 6.07) is 0. The Morgan fingerprint density at radius 2 is 1.00 bits per heavy atom. The van der Waals surface area contributed by atoms with Crippen molar-refractivity contribution >= 4 is 84.4 Å². The van der Waals surface area contributed by atoms with Crippen LogP contribution >= 0.6 is 25.3 Å². The molecule has 0 aromatic rings. The van der Waals surface area contributed by atoms with Gasteiger partial charge in [0.25, 0.3) is 0 Å². The molecule has 42 valence electrons. The zero-order valence-corrected chi connectivity index (χ0v) is 5.51. The first kappa shape index (κ1) is 17.0. The van der Waals surface area contributed by atoms with E-state index < -0.39 is 0 Å². The second-order valence-corrected chi connectivity index (χ2v) is 2.05. The number of hydrogen-bond donors (Lipinski definition) is 2. The van der Waals surface area contributed by atoms with Crippen LogP contribution in [0.25, 0.3) is 0 Å². The van der Waals surface area contributed by atoms with Gasteiger partial charge in [-0.25, -0.2) is 0 Å². The van der Waals surface area contributed by atoms with Gasteiger partial charge in [0.2, 0.25) is 0 Å². The summed E-state index contributed by atoms with van der Waals surface area (Å²) in [5, 5.41) is 0. The fraction of sp³-hybridized carbons (Fsp3) is 1.00. The molecule has 0 aromatic heterocycles. The second kappa shape index (κ2) is 16.4. The molecule has 0 rings (SSSR count). The molecule has 0 aliphatic heterocycles. The van der Waals surface area contributed by atoms with E-state index in [2.05, 4.69) is 25.3 Å². The van der Waals surface area contributed by atoms with Gasteiger partial charge in [-0.15, -0.1) is 0 Å². The molecule has 0 amide bonds. The maximum atomic E-state index is 4.02. The van der Waals surface area contributed by atoms with Gasteiger partial charge in [-0.05, 0) is 24.3 Å². The molecule has 0 saturated carbocycles. The van der Waals surface area contributed by atoms with E-state index in [9.17, 15) is 0 Å². The molecular weight excluding hydrogens is 158 g/mol. The Kier molecular flexibility index (Phi) is 34.7. The van der Waals surface area contributed by atoms with Crippen molar-refractivity contribution in [2.75, 3.05) is 11.5 Å². The number of unbranched alkanes of at least 4 members (excludes halogenated alkanes) is 1. The van der Waals surface area contributed by atoms with Crippen LogP contribution in [0, 0.1) is 0 Å². The molecule has 0 nitrogen and oxygen atoms in total. The Morgan fingerprint density at radius 3 is 1.12 bits per heavy atom. The van der Waals surface area contributed by atoms with Crippen LogP contribution in [0.3, 0.4) is 0 Å². The SMILES string of the molecule is SCCCCS.[NaH].[NaH]. The van der Waals surface area contributed by atoms with Crippen molar-refractivity contribution in [3.63, 3.8) is 0 Å². The molecule has 4 heteroatoms. The molecule has 0 aliphatic carbocycles. The minimum atomic E-state index is 0. The van der Waals surface area contributed by atoms with Crippen molar-refractivity contribution in [3.8, 4) is 0 Å². The Morgan fingerprint density at radius 1 is 0.750 bits per heavy atom. The molecule has 0 aromatic carbocycles. The van der Waals surface area contributed by atoms with Crippen molar-refractivity contribution in [3.05, 3.63) is 0 Å². The normalized spacial score (nSPS) is 6.75. The van der Waals surface area contributed by atoms with Gasteiger partial charge in [0.1, 0.15) is 0 Å². The van der Waals surface area contributed by atoms with Gasteiger partial charge >= 0.3 is 59.1 Å². The van der Waals surface area contributed by atoms with E-state index in [0.717, 1.165) is 11.5 Å². The average Bonchev–Trinajstić information content (AvgIpc) is 1.61. The van der Waals surface area contributed by atoms with Crippen molar-refractivity contribution in [2.24, 2.45) is 0 Å². The summed E-state index contributed by atoms with van der Waals surface area (Å²) in [5.41, 5.74) is 0. The summed E-state index contributed by atoms with van der Waals surface area (Å²) in [7, 11) is 0. The van der Waals surface area contributed by atoms with Gasteiger partial charge in [0.15, 0.2) is 0 Å². The third-order valence-corrected chi connectivity index (χ3v) is 1.20. The maximum absolute atomic E-state index is 4.02. The van der Waals surface area contributed by atoms with Crippen LogP contribution < -0.4 is 0 Å². The van der Waals surface area contributed by atoms with E-state index in [1.54, 1.807) is 0 Å². The Labute approximate surface area is 107 Å². The first-order valence-corrected chi connectivity index (χ1v) is 3.40. The number of hydrogen-bond acceptors (Lipinski definition) is 2. The third kappa shape index (κ3) is 15.9. The van der Waals surface area contributed by atoms with Crippen LogP contribution in [0.4, 0.5) is 0 Å². The second-order valence-electron chi connectivity index (χ2n) is 1.15. The van der Waals surface area contributed by atoms with Crippen molar-refractivity contribution in [1.82, 2.24) is 0 Å². The van der Waals surface area contributed by atoms with E-state index >= 15 is 0 Å². The molecule has 8 heavy (non-hydrogen) atoms. The van der Waals surface area contributed by atoms with Crippen LogP contribution in [0.2, 0.25) is 0 Å². The summed E-state index contributed by atoms with van der Waals surface area (Å²) in [5.74, 6) is 2.00. The topological polar surface area (TPSA) is 0 Å². The van der Waals surface area contributed by atoms with Crippen molar-refractivity contribution < 1.29 is 0 Å². The van der Waals surface area contributed by atoms with Gasteiger partial charge in [-0.2, -0.15) is 25.3 Å². The fourth-order valence-corrected chi connectivity index (χ4v) is 0.671. The first-order chi connectivity index (χ1) is 2.91. The van der Waals surface area contributed by atoms with Crippen LogP contribution in [0.15, 0.2) is 0 Å². The molecule has 0 aliphatic rings. The predicted molar refractivity (Wildman–Crippen MR) is 51.2 cm³/mol. The van der Waals surface area contributed by atoms with Gasteiger partial charge in [-0.1, -0.05) is 0 Å². The summed E-state index contributed by atoms with van der Waals surface area (Å²) in [6.45, 7) is 0. The summed E-state index contributed by atoms with van der Waals surface area (Å²) in [4.78, 5) is 0. The molecule has 0 heterocycles. The van der Waals surface area contributed by atoms with Crippen LogP contribution in [-0.4, -0.2) is 70.6 Å². The zero-order valence-electron chi connectivity index (χ0n) is 3.72. The molecular formula is C4H12Na2S2. The van der Waals surface area contributed by atoms with Crippen LogP contribution in [0.5, 0.6) is 0 Å². The minimum absolute atomic E-state index is 0. The number of rotatable bonds is 3. The molecule has 0 N–H and O–H groups in total. The van der Waals surface area contributed by atoms with Crippen LogP contribution in [-0.2, 0) is 0 Å². The van der Waals surface area contributed by atoms with E-state index in [1.165, 1.54) is 12.8 Å². The van der Waals surface area contributed by atoms with E-state index in [1.807, 2.05) is 0 Å². The van der Waals surface area contributed by atoms with Crippen molar-refractivity contribution in [1.29, 1.82) is 0 Å². The Hall–Kier alpha value is 2.70. The molecule has 0 radical (unpaired) electrons. The summed E-state index contributed by atoms with van der Waals surface area (Å²) in [6.07, 6.45) is 2.40. The first-order valence-electron chi connectivity index (χ1n) is 2.13. The van der Waals surface area contributed by atoms with E-state index in [0.29, 0.717) is 0 Å². The molecule has 0 spiro atoms. The van der Waals surface area contributed by atoms with Gasteiger partial charge in [0.05, 0.1) is 0 Å². The van der Waals surface area contributed by atoms with Crippen molar-refractivity contribution in [2.45, 2.75) is 12.8 Å².